The number of nitrogens with zero attached hydrogens (tertiary/aromatic N) is 3. The summed E-state index contributed by atoms with van der Waals surface area (Å²) in [6, 6.07) is 28.5. The lowest BCUT2D eigenvalue weighted by atomic mass is 9.77. The van der Waals surface area contributed by atoms with E-state index in [-0.39, 0.29) is 10.1 Å². The molecule has 5 aromatic rings. The fourth-order valence-corrected chi connectivity index (χ4v) is 9.13. The molecule has 0 amide bonds. The van der Waals surface area contributed by atoms with Crippen molar-refractivity contribution < 1.29 is 28.2 Å². The zero-order valence-electron chi connectivity index (χ0n) is 35.1. The van der Waals surface area contributed by atoms with E-state index in [2.05, 4.69) is 109 Å². The Labute approximate surface area is 334 Å². The van der Waals surface area contributed by atoms with Gasteiger partial charge in [0.05, 0.1) is 26.2 Å². The van der Waals surface area contributed by atoms with Gasteiger partial charge >= 0.3 is 0 Å². The molecule has 0 bridgehead atoms. The average Bonchev–Trinajstić information content (AvgIpc) is 3.73. The first-order valence-corrected chi connectivity index (χ1v) is 25.2. The molecule has 1 fully saturated rings. The molecule has 3 aromatic carbocycles. The van der Waals surface area contributed by atoms with Crippen LogP contribution in [0.4, 0.5) is 5.82 Å². The van der Waals surface area contributed by atoms with E-state index >= 15 is 0 Å². The maximum absolute atomic E-state index is 12.2. The molecule has 2 aromatic heterocycles. The lowest BCUT2D eigenvalue weighted by molar-refractivity contribution is -0.0485. The number of hydrogen-bond donors (Lipinski definition) is 2. The Bertz CT molecular complexity index is 2030. The van der Waals surface area contributed by atoms with E-state index in [0.717, 1.165) is 33.6 Å². The molecule has 4 atom stereocenters. The van der Waals surface area contributed by atoms with Gasteiger partial charge in [-0.25, -0.2) is 9.97 Å². The first-order chi connectivity index (χ1) is 26.3. The summed E-state index contributed by atoms with van der Waals surface area (Å²) in [5, 5.41) is 16.8. The molecule has 3 heterocycles. The maximum atomic E-state index is 12.2. The Hall–Kier alpha value is -4.05. The van der Waals surface area contributed by atoms with Crippen LogP contribution in [-0.2, 0) is 19.1 Å². The van der Waals surface area contributed by atoms with Crippen LogP contribution < -0.4 is 14.8 Å². The molecule has 1 aliphatic rings. The van der Waals surface area contributed by atoms with Gasteiger partial charge in [-0.15, -0.1) is 0 Å². The minimum atomic E-state index is -2.32. The number of benzene rings is 3. The number of aliphatic hydroxyl groups is 1. The quantitative estimate of drug-likeness (QED) is 0.0890. The van der Waals surface area contributed by atoms with Crippen molar-refractivity contribution in [2.45, 2.75) is 108 Å². The summed E-state index contributed by atoms with van der Waals surface area (Å²) in [4.78, 5) is 9.64. The predicted octanol–water partition coefficient (Wildman–Crippen LogP) is 9.52. The summed E-state index contributed by atoms with van der Waals surface area (Å²) >= 11 is 0. The zero-order chi connectivity index (χ0) is 40.7. The van der Waals surface area contributed by atoms with E-state index in [1.54, 1.807) is 20.5 Å². The number of aliphatic hydroxyl groups excluding tert-OH is 1. The van der Waals surface area contributed by atoms with Crippen molar-refractivity contribution in [3.8, 4) is 11.5 Å². The van der Waals surface area contributed by atoms with Crippen LogP contribution >= 0.6 is 0 Å². The highest BCUT2D eigenvalue weighted by Crippen LogP contribution is 2.45. The number of rotatable bonds is 13. The average molecular weight is 797 g/mol. The van der Waals surface area contributed by atoms with Crippen molar-refractivity contribution in [1.29, 1.82) is 0 Å². The minimum Gasteiger partial charge on any atom is -0.497 e. The molecule has 0 radical (unpaired) electrons. The molecular formula is C44H60N4O6Si2. The van der Waals surface area contributed by atoms with Crippen molar-refractivity contribution in [2.75, 3.05) is 26.1 Å². The third-order valence-corrected chi connectivity index (χ3v) is 21.3. The first-order valence-electron chi connectivity index (χ1n) is 19.4. The van der Waals surface area contributed by atoms with Crippen molar-refractivity contribution in [1.82, 2.24) is 14.5 Å². The molecular weight excluding hydrogens is 737 g/mol. The van der Waals surface area contributed by atoms with Gasteiger partial charge in [0.2, 0.25) is 0 Å². The second-order valence-electron chi connectivity index (χ2n) is 17.9. The largest absolute Gasteiger partial charge is 0.497 e. The number of fused-ring (bicyclic) bond motifs is 1. The summed E-state index contributed by atoms with van der Waals surface area (Å²) in [5.74, 6) is 2.13. The summed E-state index contributed by atoms with van der Waals surface area (Å²) in [5.41, 5.74) is 2.68. The van der Waals surface area contributed by atoms with Crippen molar-refractivity contribution in [3.63, 3.8) is 0 Å². The Kier molecular flexibility index (Phi) is 11.7. The Morgan fingerprint density at radius 3 is 1.79 bits per heavy atom. The van der Waals surface area contributed by atoms with Gasteiger partial charge in [0.25, 0.3) is 0 Å². The maximum Gasteiger partial charge on any atom is 0.192 e. The summed E-state index contributed by atoms with van der Waals surface area (Å²) in [7, 11) is -1.12. The number of nitrogens with one attached hydrogen (secondary N) is 1. The molecule has 6 rings (SSSR count). The van der Waals surface area contributed by atoms with Gasteiger partial charge in [0, 0.05) is 6.20 Å². The van der Waals surface area contributed by atoms with Crippen LogP contribution in [0, 0.1) is 0 Å². The molecule has 300 valence electrons. The number of aromatic nitrogens is 3. The normalized spacial score (nSPS) is 19.7. The van der Waals surface area contributed by atoms with Gasteiger partial charge < -0.3 is 38.1 Å². The van der Waals surface area contributed by atoms with Crippen LogP contribution in [0.25, 0.3) is 11.0 Å². The third kappa shape index (κ3) is 7.92. The first kappa shape index (κ1) is 41.6. The number of anilines is 1. The van der Waals surface area contributed by atoms with Crippen molar-refractivity contribution in [2.24, 2.45) is 0 Å². The van der Waals surface area contributed by atoms with Gasteiger partial charge in [0.15, 0.2) is 22.9 Å². The number of hydrogen-bond acceptors (Lipinski definition) is 9. The van der Waals surface area contributed by atoms with Crippen molar-refractivity contribution in [3.05, 3.63) is 114 Å². The molecule has 1 aliphatic heterocycles. The summed E-state index contributed by atoms with van der Waals surface area (Å²) in [6.45, 7) is 22.5. The lowest BCUT2D eigenvalue weighted by Gasteiger charge is -2.41. The Morgan fingerprint density at radius 2 is 1.27 bits per heavy atom. The van der Waals surface area contributed by atoms with Gasteiger partial charge in [-0.2, -0.15) is 0 Å². The molecule has 2 N–H and O–H groups in total. The van der Waals surface area contributed by atoms with Crippen LogP contribution in [0.5, 0.6) is 11.5 Å². The van der Waals surface area contributed by atoms with Crippen LogP contribution in [0.1, 0.15) is 64.5 Å². The van der Waals surface area contributed by atoms with E-state index in [1.165, 1.54) is 0 Å². The second kappa shape index (κ2) is 15.7. The molecule has 0 aliphatic carbocycles. The number of ether oxygens (including phenoxy) is 3. The monoisotopic (exact) mass is 796 g/mol. The lowest BCUT2D eigenvalue weighted by Crippen LogP contribution is -2.51. The van der Waals surface area contributed by atoms with Gasteiger partial charge in [-0.3, -0.25) is 0 Å². The van der Waals surface area contributed by atoms with E-state index in [9.17, 15) is 5.11 Å². The topological polar surface area (TPSA) is 109 Å². The van der Waals surface area contributed by atoms with E-state index in [0.29, 0.717) is 18.1 Å². The molecule has 0 spiro atoms. The van der Waals surface area contributed by atoms with Crippen LogP contribution in [-0.4, -0.2) is 75.4 Å². The smallest absolute Gasteiger partial charge is 0.192 e. The number of methoxy groups -OCH3 is 2. The Balaban J connectivity index is 1.44. The highest BCUT2D eigenvalue weighted by Gasteiger charge is 2.51. The minimum absolute atomic E-state index is 0.0168. The van der Waals surface area contributed by atoms with E-state index in [4.69, 9.17) is 33.0 Å². The summed E-state index contributed by atoms with van der Waals surface area (Å²) in [6.07, 6.45) is 0.678. The van der Waals surface area contributed by atoms with Crippen LogP contribution in [0.3, 0.4) is 0 Å². The van der Waals surface area contributed by atoms with E-state index < -0.39 is 46.7 Å². The van der Waals surface area contributed by atoms with Gasteiger partial charge in [0.1, 0.15) is 53.1 Å². The fraction of sp³-hybridized carbons (Fsp3) is 0.455. The third-order valence-electron chi connectivity index (χ3n) is 12.3. The molecule has 12 heteroatoms. The molecule has 0 unspecified atom stereocenters. The standard InChI is InChI=1S/C44H60N4O6Si2/c1-42(2,3)55(9,10)52-28-36-38(54-56(11,12)43(4,5)6)37(49)41(53-36)48-27-26-35-39(45-29-46-40(35)48)47-44(30-16-14-13-15-17-30,31-18-22-33(50-7)23-19-31)32-20-24-34(51-8)25-21-32/h13-27,29,36-38,41,49H,28H2,1-12H3,(H,45,46,47)/t36-,37-,38-,41-/m1/s1. The van der Waals surface area contributed by atoms with Crippen LogP contribution in [0.2, 0.25) is 36.3 Å². The highest BCUT2D eigenvalue weighted by atomic mass is 28.4. The molecule has 10 nitrogen and oxygen atoms in total. The fourth-order valence-electron chi connectivity index (χ4n) is 6.79. The SMILES string of the molecule is COc1ccc(C(Nc2ncnc3c2ccn3[C@@H]2O[C@H](CO[Si](C)(C)C(C)(C)C)[C@@H](O[Si](C)(C)C(C)(C)C)[C@H]2O)(c2ccccc2)c2ccc(OC)cc2)cc1. The van der Waals surface area contributed by atoms with Crippen molar-refractivity contribution >= 4 is 33.5 Å². The molecule has 1 saturated heterocycles. The van der Waals surface area contributed by atoms with Gasteiger partial charge in [-0.1, -0.05) is 96.1 Å². The van der Waals surface area contributed by atoms with Crippen LogP contribution in [0.15, 0.2) is 97.5 Å². The highest BCUT2D eigenvalue weighted by molar-refractivity contribution is 6.74. The van der Waals surface area contributed by atoms with E-state index in [1.807, 2.05) is 59.3 Å². The zero-order valence-corrected chi connectivity index (χ0v) is 37.1. The summed E-state index contributed by atoms with van der Waals surface area (Å²) < 4.78 is 33.5. The molecule has 56 heavy (non-hydrogen) atoms. The Morgan fingerprint density at radius 1 is 0.732 bits per heavy atom. The molecule has 0 saturated carbocycles. The second-order valence-corrected chi connectivity index (χ2v) is 27.4. The van der Waals surface area contributed by atoms with Gasteiger partial charge in [-0.05, 0) is 83.3 Å². The predicted molar refractivity (Wildman–Crippen MR) is 229 cm³/mol.